The van der Waals surface area contributed by atoms with Crippen molar-refractivity contribution >= 4 is 11.8 Å². The van der Waals surface area contributed by atoms with E-state index in [1.165, 1.54) is 24.3 Å². The van der Waals surface area contributed by atoms with E-state index in [1.807, 2.05) is 0 Å². The van der Waals surface area contributed by atoms with E-state index in [0.717, 1.165) is 25.7 Å². The minimum Gasteiger partial charge on any atom is -0.431 e. The van der Waals surface area contributed by atoms with Crippen molar-refractivity contribution in [3.63, 3.8) is 0 Å². The lowest BCUT2D eigenvalue weighted by atomic mass is 10.3. The van der Waals surface area contributed by atoms with E-state index in [-0.39, 0.29) is 30.8 Å². The normalized spacial score (nSPS) is 12.6. The molecule has 2 atom stereocenters. The fourth-order valence-electron chi connectivity index (χ4n) is 2.61. The number of carbonyl (C=O) groups is 1. The minimum absolute atomic E-state index is 0.0656. The zero-order valence-corrected chi connectivity index (χ0v) is 20.1. The Kier molecular flexibility index (Phi) is 16.4. The van der Waals surface area contributed by atoms with E-state index in [9.17, 15) is 14.9 Å². The summed E-state index contributed by atoms with van der Waals surface area (Å²) >= 11 is 0. The number of nitro benzene ring substituents is 1. The van der Waals surface area contributed by atoms with Gasteiger partial charge in [0.15, 0.2) is 0 Å². The number of ether oxygens (including phenoxy) is 6. The van der Waals surface area contributed by atoms with Gasteiger partial charge in [-0.15, -0.1) is 6.58 Å². The van der Waals surface area contributed by atoms with E-state index >= 15 is 0 Å². The molecule has 0 aliphatic heterocycles. The Morgan fingerprint density at radius 3 is 2.06 bits per heavy atom. The first-order valence-corrected chi connectivity index (χ1v) is 11.6. The Hall–Kier alpha value is -2.53. The van der Waals surface area contributed by atoms with Crippen LogP contribution in [0.4, 0.5) is 10.5 Å². The van der Waals surface area contributed by atoms with Gasteiger partial charge in [-0.2, -0.15) is 0 Å². The summed E-state index contributed by atoms with van der Waals surface area (Å²) in [6.07, 6.45) is 3.84. The Labute approximate surface area is 201 Å². The third-order valence-corrected chi connectivity index (χ3v) is 4.49. The van der Waals surface area contributed by atoms with Crippen molar-refractivity contribution in [1.82, 2.24) is 0 Å². The molecule has 0 N–H and O–H groups in total. The molecule has 192 valence electrons. The van der Waals surface area contributed by atoms with Gasteiger partial charge in [0.1, 0.15) is 24.6 Å². The molecule has 0 radical (unpaired) electrons. The van der Waals surface area contributed by atoms with E-state index in [1.54, 1.807) is 6.08 Å². The van der Waals surface area contributed by atoms with Gasteiger partial charge in [0.25, 0.3) is 5.69 Å². The molecular weight excluding hydrogens is 446 g/mol. The zero-order chi connectivity index (χ0) is 25.0. The number of nitrogens with zero attached hydrogens (tertiary/aromatic N) is 1. The number of nitro groups is 1. The highest BCUT2D eigenvalue weighted by atomic mass is 16.7. The van der Waals surface area contributed by atoms with Gasteiger partial charge in [-0.05, 0) is 25.0 Å². The first-order valence-electron chi connectivity index (χ1n) is 11.6. The third kappa shape index (κ3) is 13.9. The van der Waals surface area contributed by atoms with Crippen LogP contribution < -0.4 is 4.74 Å². The maximum atomic E-state index is 12.0. The van der Waals surface area contributed by atoms with Gasteiger partial charge in [-0.3, -0.25) is 10.1 Å². The number of unbranched alkanes of at least 4 members (excludes halogenated alkanes) is 2. The molecule has 1 rings (SSSR count). The molecule has 0 amide bonds. The fraction of sp³-hybridized carbons (Fsp3) is 0.625. The second-order valence-electron chi connectivity index (χ2n) is 7.47. The molecule has 0 aromatic heterocycles. The second-order valence-corrected chi connectivity index (χ2v) is 7.47. The number of hydrogen-bond acceptors (Lipinski definition) is 9. The van der Waals surface area contributed by atoms with Crippen LogP contribution in [0.5, 0.6) is 5.75 Å². The van der Waals surface area contributed by atoms with Gasteiger partial charge < -0.3 is 28.4 Å². The highest BCUT2D eigenvalue weighted by molar-refractivity contribution is 5.64. The molecule has 10 nitrogen and oxygen atoms in total. The number of rotatable bonds is 20. The van der Waals surface area contributed by atoms with Gasteiger partial charge in [-0.1, -0.05) is 32.8 Å². The number of benzene rings is 1. The smallest absolute Gasteiger partial charge is 0.431 e. The molecule has 0 heterocycles. The molecule has 1 aromatic rings. The molecule has 0 aliphatic rings. The van der Waals surface area contributed by atoms with Crippen LogP contribution in [0, 0.1) is 10.1 Å². The standard InChI is InChI=1S/C24H37NO9/c1-4-7-14-31-22(16-29-13-6-3)17-30-18-23(32-15-8-5-2)19-33-24(26)34-21-11-9-20(10-12-21)25(27)28/h6,9-12,22-23H,3-5,7-8,13-19H2,1-2H3. The summed E-state index contributed by atoms with van der Waals surface area (Å²) in [6, 6.07) is 5.13. The lowest BCUT2D eigenvalue weighted by Gasteiger charge is -2.21. The SMILES string of the molecule is C=CCOCC(COCC(COC(=O)Oc1ccc([N+](=O)[O-])cc1)OCCCC)OCCCC. The van der Waals surface area contributed by atoms with Gasteiger partial charge in [-0.25, -0.2) is 4.79 Å². The van der Waals surface area contributed by atoms with Crippen LogP contribution in [0.3, 0.4) is 0 Å². The Morgan fingerprint density at radius 1 is 0.971 bits per heavy atom. The summed E-state index contributed by atoms with van der Waals surface area (Å²) < 4.78 is 33.1. The van der Waals surface area contributed by atoms with Crippen LogP contribution in [0.15, 0.2) is 36.9 Å². The summed E-state index contributed by atoms with van der Waals surface area (Å²) in [4.78, 5) is 22.2. The van der Waals surface area contributed by atoms with E-state index in [4.69, 9.17) is 28.4 Å². The largest absolute Gasteiger partial charge is 0.513 e. The Balaban J connectivity index is 2.50. The molecule has 2 unspecified atom stereocenters. The van der Waals surface area contributed by atoms with Crippen LogP contribution in [0.25, 0.3) is 0 Å². The average molecular weight is 484 g/mol. The number of non-ortho nitro benzene ring substituents is 1. The van der Waals surface area contributed by atoms with Crippen LogP contribution in [-0.4, -0.2) is 69.5 Å². The average Bonchev–Trinajstić information content (AvgIpc) is 2.82. The summed E-state index contributed by atoms with van der Waals surface area (Å²) in [5.74, 6) is 0.141. The molecule has 10 heteroatoms. The van der Waals surface area contributed by atoms with Crippen molar-refractivity contribution in [2.45, 2.75) is 51.7 Å². The molecular formula is C24H37NO9. The summed E-state index contributed by atoms with van der Waals surface area (Å²) in [7, 11) is 0. The van der Waals surface area contributed by atoms with E-state index in [2.05, 4.69) is 20.4 Å². The first kappa shape index (κ1) is 29.5. The lowest BCUT2D eigenvalue weighted by Crippen LogP contribution is -2.32. The van der Waals surface area contributed by atoms with Gasteiger partial charge in [0.05, 0.1) is 31.4 Å². The molecule has 0 saturated carbocycles. The first-order chi connectivity index (χ1) is 16.5. The fourth-order valence-corrected chi connectivity index (χ4v) is 2.61. The maximum absolute atomic E-state index is 12.0. The zero-order valence-electron chi connectivity index (χ0n) is 20.1. The van der Waals surface area contributed by atoms with Crippen molar-refractivity contribution in [3.8, 4) is 5.75 Å². The second kappa shape index (κ2) is 18.8. The molecule has 34 heavy (non-hydrogen) atoms. The van der Waals surface area contributed by atoms with Crippen molar-refractivity contribution in [1.29, 1.82) is 0 Å². The van der Waals surface area contributed by atoms with E-state index in [0.29, 0.717) is 33.0 Å². The predicted molar refractivity (Wildman–Crippen MR) is 126 cm³/mol. The maximum Gasteiger partial charge on any atom is 0.513 e. The van der Waals surface area contributed by atoms with Crippen molar-refractivity contribution in [2.75, 3.05) is 46.2 Å². The predicted octanol–water partition coefficient (Wildman–Crippen LogP) is 4.70. The molecule has 0 saturated heterocycles. The Morgan fingerprint density at radius 2 is 1.53 bits per heavy atom. The third-order valence-electron chi connectivity index (χ3n) is 4.49. The van der Waals surface area contributed by atoms with Crippen LogP contribution in [0.2, 0.25) is 0 Å². The van der Waals surface area contributed by atoms with Gasteiger partial charge in [0, 0.05) is 25.3 Å². The van der Waals surface area contributed by atoms with Gasteiger partial charge >= 0.3 is 6.16 Å². The highest BCUT2D eigenvalue weighted by Crippen LogP contribution is 2.17. The molecule has 0 fully saturated rings. The van der Waals surface area contributed by atoms with Crippen molar-refractivity contribution in [3.05, 3.63) is 47.0 Å². The number of hydrogen-bond donors (Lipinski definition) is 0. The molecule has 0 spiro atoms. The minimum atomic E-state index is -0.934. The van der Waals surface area contributed by atoms with Crippen LogP contribution >= 0.6 is 0 Å². The monoisotopic (exact) mass is 483 g/mol. The Bertz CT molecular complexity index is 696. The lowest BCUT2D eigenvalue weighted by molar-refractivity contribution is -0.384. The number of carbonyl (C=O) groups excluding carboxylic acids is 1. The van der Waals surface area contributed by atoms with Crippen LogP contribution in [0.1, 0.15) is 39.5 Å². The topological polar surface area (TPSA) is 116 Å². The summed E-state index contributed by atoms with van der Waals surface area (Å²) in [5.41, 5.74) is -0.103. The molecule has 0 aliphatic carbocycles. The van der Waals surface area contributed by atoms with E-state index < -0.39 is 17.2 Å². The van der Waals surface area contributed by atoms with Crippen molar-refractivity contribution < 1.29 is 38.1 Å². The molecule has 1 aromatic carbocycles. The summed E-state index contributed by atoms with van der Waals surface area (Å²) in [5, 5.41) is 10.7. The van der Waals surface area contributed by atoms with Gasteiger partial charge in [0.2, 0.25) is 0 Å². The van der Waals surface area contributed by atoms with Crippen molar-refractivity contribution in [2.24, 2.45) is 0 Å². The quantitative estimate of drug-likeness (QED) is 0.0650. The summed E-state index contributed by atoms with van der Waals surface area (Å²) in [6.45, 7) is 10.2. The highest BCUT2D eigenvalue weighted by Gasteiger charge is 2.17. The van der Waals surface area contributed by atoms with Crippen LogP contribution in [-0.2, 0) is 23.7 Å². The molecule has 0 bridgehead atoms.